The standard InChI is InChI=1S/C41H36O/c1-6-31-15-25-36(26-16-31)41(42)39(34-21-11-29(4)12-22-34)37(32-17-7-27(2)8-18-32)38(33-19-9-28(3)10-20-33)40(41)35-23-13-30(5)14-24-35/h6-26,42H,1H2,2-5H3. The molecule has 0 radical (unpaired) electrons. The molecule has 0 bridgehead atoms. The van der Waals surface area contributed by atoms with E-state index in [1.807, 2.05) is 30.3 Å². The van der Waals surface area contributed by atoms with E-state index < -0.39 is 5.60 Å². The molecule has 6 rings (SSSR count). The molecule has 5 aromatic carbocycles. The van der Waals surface area contributed by atoms with Crippen LogP contribution in [0.2, 0.25) is 0 Å². The average molecular weight is 545 g/mol. The van der Waals surface area contributed by atoms with Crippen molar-refractivity contribution in [3.8, 4) is 0 Å². The molecule has 1 N–H and O–H groups in total. The highest BCUT2D eigenvalue weighted by Crippen LogP contribution is 2.61. The molecule has 0 spiro atoms. The normalized spacial score (nSPS) is 14.4. The number of hydrogen-bond donors (Lipinski definition) is 1. The van der Waals surface area contributed by atoms with Gasteiger partial charge >= 0.3 is 0 Å². The van der Waals surface area contributed by atoms with Crippen molar-refractivity contribution in [1.29, 1.82) is 0 Å². The van der Waals surface area contributed by atoms with Crippen molar-refractivity contribution in [2.24, 2.45) is 0 Å². The van der Waals surface area contributed by atoms with Crippen LogP contribution in [0.5, 0.6) is 0 Å². The van der Waals surface area contributed by atoms with Crippen molar-refractivity contribution >= 4 is 28.4 Å². The number of rotatable bonds is 6. The van der Waals surface area contributed by atoms with Crippen LogP contribution in [0.25, 0.3) is 28.4 Å². The topological polar surface area (TPSA) is 20.2 Å². The van der Waals surface area contributed by atoms with Gasteiger partial charge in [-0.2, -0.15) is 0 Å². The van der Waals surface area contributed by atoms with Gasteiger partial charge in [-0.05, 0) is 72.2 Å². The predicted molar refractivity (Wildman–Crippen MR) is 179 cm³/mol. The van der Waals surface area contributed by atoms with E-state index >= 15 is 0 Å². The smallest absolute Gasteiger partial charge is 0.142 e. The summed E-state index contributed by atoms with van der Waals surface area (Å²) in [5.74, 6) is 0. The number of aryl methyl sites for hydroxylation is 4. The molecule has 1 nitrogen and oxygen atoms in total. The van der Waals surface area contributed by atoms with Gasteiger partial charge in [0.1, 0.15) is 5.60 Å². The van der Waals surface area contributed by atoms with E-state index in [0.717, 1.165) is 55.7 Å². The van der Waals surface area contributed by atoms with Gasteiger partial charge in [0.25, 0.3) is 0 Å². The highest BCUT2D eigenvalue weighted by atomic mass is 16.3. The van der Waals surface area contributed by atoms with Gasteiger partial charge in [0.15, 0.2) is 0 Å². The van der Waals surface area contributed by atoms with E-state index in [9.17, 15) is 5.11 Å². The summed E-state index contributed by atoms with van der Waals surface area (Å²) in [6, 6.07) is 42.6. The molecule has 5 aromatic rings. The summed E-state index contributed by atoms with van der Waals surface area (Å²) in [5.41, 5.74) is 13.2. The van der Waals surface area contributed by atoms with Gasteiger partial charge in [-0.3, -0.25) is 0 Å². The second kappa shape index (κ2) is 10.9. The van der Waals surface area contributed by atoms with Crippen molar-refractivity contribution in [2.45, 2.75) is 33.3 Å². The Bertz CT molecular complexity index is 1700. The van der Waals surface area contributed by atoms with Crippen LogP contribution in [0.4, 0.5) is 0 Å². The maximum absolute atomic E-state index is 13.5. The number of hydrogen-bond acceptors (Lipinski definition) is 1. The third-order valence-electron chi connectivity index (χ3n) is 8.40. The molecule has 0 fully saturated rings. The Morgan fingerprint density at radius 1 is 0.452 bits per heavy atom. The lowest BCUT2D eigenvalue weighted by atomic mass is 9.76. The lowest BCUT2D eigenvalue weighted by Gasteiger charge is -2.32. The zero-order chi connectivity index (χ0) is 29.4. The van der Waals surface area contributed by atoms with Gasteiger partial charge in [0, 0.05) is 11.1 Å². The molecule has 0 saturated carbocycles. The minimum atomic E-state index is -1.43. The first kappa shape index (κ1) is 27.4. The van der Waals surface area contributed by atoms with Crippen molar-refractivity contribution in [3.63, 3.8) is 0 Å². The minimum absolute atomic E-state index is 0.825. The molecule has 0 unspecified atom stereocenters. The highest BCUT2D eigenvalue weighted by molar-refractivity contribution is 6.30. The molecule has 0 aromatic heterocycles. The first-order valence-electron chi connectivity index (χ1n) is 14.5. The monoisotopic (exact) mass is 544 g/mol. The number of benzene rings is 5. The van der Waals surface area contributed by atoms with E-state index in [0.29, 0.717) is 0 Å². The van der Waals surface area contributed by atoms with Crippen LogP contribution in [0.1, 0.15) is 55.6 Å². The second-order valence-corrected chi connectivity index (χ2v) is 11.5. The van der Waals surface area contributed by atoms with Gasteiger partial charge in [-0.25, -0.2) is 0 Å². The van der Waals surface area contributed by atoms with E-state index in [2.05, 4.69) is 131 Å². The molecule has 206 valence electrons. The van der Waals surface area contributed by atoms with Gasteiger partial charge in [0.2, 0.25) is 0 Å². The first-order valence-corrected chi connectivity index (χ1v) is 14.5. The van der Waals surface area contributed by atoms with Crippen LogP contribution < -0.4 is 0 Å². The quantitative estimate of drug-likeness (QED) is 0.225. The summed E-state index contributed by atoms with van der Waals surface area (Å²) >= 11 is 0. The summed E-state index contributed by atoms with van der Waals surface area (Å²) < 4.78 is 0. The van der Waals surface area contributed by atoms with Crippen molar-refractivity contribution < 1.29 is 5.11 Å². The fourth-order valence-corrected chi connectivity index (χ4v) is 6.05. The molecular weight excluding hydrogens is 508 g/mol. The lowest BCUT2D eigenvalue weighted by Crippen LogP contribution is -2.27. The van der Waals surface area contributed by atoms with Crippen molar-refractivity contribution in [2.75, 3.05) is 0 Å². The SMILES string of the molecule is C=Cc1ccc(C2(O)C(c3ccc(C)cc3)=C(c3ccc(C)cc3)C(c3ccc(C)cc3)=C2c2ccc(C)cc2)cc1. The third kappa shape index (κ3) is 4.76. The summed E-state index contributed by atoms with van der Waals surface area (Å²) in [7, 11) is 0. The molecule has 0 heterocycles. The fourth-order valence-electron chi connectivity index (χ4n) is 6.05. The maximum atomic E-state index is 13.5. The molecule has 0 saturated heterocycles. The Balaban J connectivity index is 1.81. The van der Waals surface area contributed by atoms with Crippen LogP contribution in [0.3, 0.4) is 0 Å². The second-order valence-electron chi connectivity index (χ2n) is 11.5. The van der Waals surface area contributed by atoms with Gasteiger partial charge < -0.3 is 5.11 Å². The fraction of sp³-hybridized carbons (Fsp3) is 0.122. The van der Waals surface area contributed by atoms with Crippen LogP contribution >= 0.6 is 0 Å². The van der Waals surface area contributed by atoms with Crippen LogP contribution in [-0.4, -0.2) is 5.11 Å². The molecule has 0 atom stereocenters. The van der Waals surface area contributed by atoms with Gasteiger partial charge in [-0.1, -0.05) is 156 Å². The molecule has 0 amide bonds. The molecule has 42 heavy (non-hydrogen) atoms. The third-order valence-corrected chi connectivity index (χ3v) is 8.40. The van der Waals surface area contributed by atoms with Crippen LogP contribution in [0, 0.1) is 27.7 Å². The van der Waals surface area contributed by atoms with Crippen molar-refractivity contribution in [1.82, 2.24) is 0 Å². The van der Waals surface area contributed by atoms with Gasteiger partial charge in [-0.15, -0.1) is 0 Å². The number of allylic oxidation sites excluding steroid dienone is 2. The zero-order valence-corrected chi connectivity index (χ0v) is 24.8. The predicted octanol–water partition coefficient (Wildman–Crippen LogP) is 9.99. The number of aliphatic hydroxyl groups is 1. The molecular formula is C41H36O. The van der Waals surface area contributed by atoms with E-state index in [-0.39, 0.29) is 0 Å². The minimum Gasteiger partial charge on any atom is -0.376 e. The van der Waals surface area contributed by atoms with E-state index in [1.165, 1.54) is 22.3 Å². The Labute approximate surface area is 249 Å². The zero-order valence-electron chi connectivity index (χ0n) is 24.8. The van der Waals surface area contributed by atoms with Crippen LogP contribution in [-0.2, 0) is 5.60 Å². The Morgan fingerprint density at radius 2 is 0.762 bits per heavy atom. The highest BCUT2D eigenvalue weighted by Gasteiger charge is 2.48. The summed E-state index contributed by atoms with van der Waals surface area (Å²) in [6.45, 7) is 12.4. The lowest BCUT2D eigenvalue weighted by molar-refractivity contribution is 0.167. The summed E-state index contributed by atoms with van der Waals surface area (Å²) in [5, 5.41) is 13.5. The van der Waals surface area contributed by atoms with Crippen LogP contribution in [0.15, 0.2) is 128 Å². The molecule has 1 aliphatic rings. The Morgan fingerprint density at radius 3 is 1.07 bits per heavy atom. The molecule has 1 aliphatic carbocycles. The summed E-state index contributed by atoms with van der Waals surface area (Å²) in [4.78, 5) is 0. The first-order chi connectivity index (χ1) is 20.3. The Kier molecular flexibility index (Phi) is 7.14. The van der Waals surface area contributed by atoms with E-state index in [1.54, 1.807) is 0 Å². The average Bonchev–Trinajstić information content (AvgIpc) is 3.28. The maximum Gasteiger partial charge on any atom is 0.142 e. The molecule has 1 heteroatoms. The van der Waals surface area contributed by atoms with E-state index in [4.69, 9.17) is 0 Å². The Hall–Kier alpha value is -4.72. The summed E-state index contributed by atoms with van der Waals surface area (Å²) in [6.07, 6.45) is 1.84. The van der Waals surface area contributed by atoms with Gasteiger partial charge in [0.05, 0.1) is 0 Å². The largest absolute Gasteiger partial charge is 0.376 e. The molecule has 0 aliphatic heterocycles. The van der Waals surface area contributed by atoms with Crippen molar-refractivity contribution in [3.05, 3.63) is 184 Å².